The number of hydrogen-bond acceptors (Lipinski definition) is 4. The Morgan fingerprint density at radius 3 is 2.72 bits per heavy atom. The number of hydrogen-bond donors (Lipinski definition) is 1. The average molecular weight is 313 g/mol. The number of carboxylic acid groups (broad SMARTS) is 1. The van der Waals surface area contributed by atoms with Crippen LogP contribution in [0.25, 0.3) is 0 Å². The summed E-state index contributed by atoms with van der Waals surface area (Å²) in [6, 6.07) is 4.75. The van der Waals surface area contributed by atoms with E-state index in [0.29, 0.717) is 5.56 Å². The molecule has 2 aromatic rings. The second kappa shape index (κ2) is 4.73. The zero-order valence-electron chi connectivity index (χ0n) is 9.37. The van der Waals surface area contributed by atoms with Crippen LogP contribution in [0.5, 0.6) is 0 Å². The number of carbonyl (C=O) groups is 1. The minimum Gasteiger partial charge on any atom is -0.478 e. The van der Waals surface area contributed by atoms with Crippen molar-refractivity contribution >= 4 is 21.9 Å². The third-order valence-electron chi connectivity index (χ3n) is 2.40. The molecular formula is C10H9BrN4O3. The zero-order chi connectivity index (χ0) is 13.3. The van der Waals surface area contributed by atoms with Gasteiger partial charge in [0.1, 0.15) is 0 Å². The molecule has 0 spiro atoms. The fraction of sp³-hybridized carbons (Fsp3) is 0.200. The van der Waals surface area contributed by atoms with Gasteiger partial charge in [0.2, 0.25) is 0 Å². The smallest absolute Gasteiger partial charge is 0.363 e. The van der Waals surface area contributed by atoms with Crippen LogP contribution < -0.4 is 5.69 Å². The summed E-state index contributed by atoms with van der Waals surface area (Å²) in [5.41, 5.74) is 0.224. The summed E-state index contributed by atoms with van der Waals surface area (Å²) in [5.74, 6) is -1.05. The van der Waals surface area contributed by atoms with Gasteiger partial charge in [-0.05, 0) is 34.2 Å². The molecule has 0 amide bonds. The van der Waals surface area contributed by atoms with Crippen molar-refractivity contribution in [2.75, 3.05) is 0 Å². The monoisotopic (exact) mass is 312 g/mol. The van der Waals surface area contributed by atoms with Crippen LogP contribution in [0.3, 0.4) is 0 Å². The SMILES string of the molecule is Cn1nnn(Cc2cc(Br)ccc2C(=O)O)c1=O. The molecule has 94 valence electrons. The number of halogens is 1. The molecular weight excluding hydrogens is 304 g/mol. The standard InChI is InChI=1S/C10H9BrN4O3/c1-14-10(18)15(13-12-14)5-6-4-7(11)2-3-8(6)9(16)17/h2-4H,5H2,1H3,(H,16,17). The van der Waals surface area contributed by atoms with Crippen molar-refractivity contribution in [3.05, 3.63) is 44.3 Å². The van der Waals surface area contributed by atoms with E-state index in [9.17, 15) is 9.59 Å². The molecule has 1 aromatic heterocycles. The Kier molecular flexibility index (Phi) is 3.28. The fourth-order valence-electron chi connectivity index (χ4n) is 1.51. The van der Waals surface area contributed by atoms with E-state index in [1.165, 1.54) is 13.1 Å². The van der Waals surface area contributed by atoms with E-state index in [1.807, 2.05) is 0 Å². The lowest BCUT2D eigenvalue weighted by atomic mass is 10.1. The summed E-state index contributed by atoms with van der Waals surface area (Å²) in [7, 11) is 1.48. The number of aromatic nitrogens is 4. The molecule has 1 aromatic carbocycles. The topological polar surface area (TPSA) is 90.0 Å². The van der Waals surface area contributed by atoms with Crippen LogP contribution in [0.15, 0.2) is 27.5 Å². The van der Waals surface area contributed by atoms with Gasteiger partial charge in [0, 0.05) is 11.5 Å². The van der Waals surface area contributed by atoms with Crippen molar-refractivity contribution in [3.8, 4) is 0 Å². The normalized spacial score (nSPS) is 10.6. The summed E-state index contributed by atoms with van der Waals surface area (Å²) in [6.07, 6.45) is 0. The molecule has 0 radical (unpaired) electrons. The van der Waals surface area contributed by atoms with Gasteiger partial charge in [0.15, 0.2) is 0 Å². The molecule has 8 heteroatoms. The molecule has 1 heterocycles. The van der Waals surface area contributed by atoms with Crippen LogP contribution in [0, 0.1) is 0 Å². The van der Waals surface area contributed by atoms with Crippen LogP contribution in [0.4, 0.5) is 0 Å². The first-order chi connectivity index (χ1) is 8.49. The Balaban J connectivity index is 2.45. The highest BCUT2D eigenvalue weighted by Crippen LogP contribution is 2.17. The van der Waals surface area contributed by atoms with E-state index in [0.717, 1.165) is 13.8 Å². The molecule has 0 unspecified atom stereocenters. The van der Waals surface area contributed by atoms with E-state index < -0.39 is 11.7 Å². The third kappa shape index (κ3) is 2.33. The van der Waals surface area contributed by atoms with Gasteiger partial charge in [0.05, 0.1) is 12.1 Å². The first-order valence-corrected chi connectivity index (χ1v) is 5.77. The minimum atomic E-state index is -1.05. The van der Waals surface area contributed by atoms with Gasteiger partial charge in [-0.1, -0.05) is 15.9 Å². The van der Waals surface area contributed by atoms with Crippen molar-refractivity contribution in [2.24, 2.45) is 7.05 Å². The summed E-state index contributed by atoms with van der Waals surface area (Å²) in [4.78, 5) is 22.7. The Morgan fingerprint density at radius 2 is 2.17 bits per heavy atom. The summed E-state index contributed by atoms with van der Waals surface area (Å²) >= 11 is 3.26. The minimum absolute atomic E-state index is 0.0632. The average Bonchev–Trinajstić information content (AvgIpc) is 2.61. The van der Waals surface area contributed by atoms with Crippen molar-refractivity contribution in [3.63, 3.8) is 0 Å². The van der Waals surface area contributed by atoms with Crippen molar-refractivity contribution in [2.45, 2.75) is 6.54 Å². The molecule has 0 aliphatic carbocycles. The Morgan fingerprint density at radius 1 is 1.44 bits per heavy atom. The van der Waals surface area contributed by atoms with Gasteiger partial charge < -0.3 is 5.11 Å². The maximum Gasteiger partial charge on any atom is 0.363 e. The van der Waals surface area contributed by atoms with E-state index in [4.69, 9.17) is 5.11 Å². The summed E-state index contributed by atoms with van der Waals surface area (Å²) in [6.45, 7) is 0.0632. The van der Waals surface area contributed by atoms with Crippen LogP contribution >= 0.6 is 15.9 Å². The van der Waals surface area contributed by atoms with E-state index >= 15 is 0 Å². The molecule has 0 atom stereocenters. The van der Waals surface area contributed by atoms with E-state index in [1.54, 1.807) is 12.1 Å². The highest BCUT2D eigenvalue weighted by molar-refractivity contribution is 9.10. The zero-order valence-corrected chi connectivity index (χ0v) is 11.0. The van der Waals surface area contributed by atoms with Gasteiger partial charge in [-0.25, -0.2) is 9.59 Å². The van der Waals surface area contributed by atoms with Gasteiger partial charge in [-0.2, -0.15) is 9.36 Å². The van der Waals surface area contributed by atoms with E-state index in [2.05, 4.69) is 26.4 Å². The highest BCUT2D eigenvalue weighted by Gasteiger charge is 2.13. The summed E-state index contributed by atoms with van der Waals surface area (Å²) in [5, 5.41) is 16.3. The molecule has 2 rings (SSSR count). The molecule has 0 aliphatic rings. The summed E-state index contributed by atoms with van der Waals surface area (Å²) < 4.78 is 2.92. The molecule has 0 aliphatic heterocycles. The largest absolute Gasteiger partial charge is 0.478 e. The van der Waals surface area contributed by atoms with Crippen molar-refractivity contribution in [1.82, 2.24) is 19.8 Å². The van der Waals surface area contributed by atoms with Crippen LogP contribution in [-0.4, -0.2) is 30.9 Å². The number of aryl methyl sites for hydroxylation is 1. The number of nitrogens with zero attached hydrogens (tertiary/aromatic N) is 4. The Labute approximate surface area is 110 Å². The molecule has 1 N–H and O–H groups in total. The van der Waals surface area contributed by atoms with Gasteiger partial charge in [-0.3, -0.25) is 0 Å². The maximum atomic E-state index is 11.6. The van der Waals surface area contributed by atoms with Crippen LogP contribution in [0.2, 0.25) is 0 Å². The van der Waals surface area contributed by atoms with Crippen molar-refractivity contribution < 1.29 is 9.90 Å². The highest BCUT2D eigenvalue weighted by atomic mass is 79.9. The lowest BCUT2D eigenvalue weighted by Crippen LogP contribution is -2.24. The Bertz CT molecular complexity index is 661. The van der Waals surface area contributed by atoms with E-state index in [-0.39, 0.29) is 12.1 Å². The molecule has 0 bridgehead atoms. The van der Waals surface area contributed by atoms with Gasteiger partial charge in [0.25, 0.3) is 0 Å². The van der Waals surface area contributed by atoms with Gasteiger partial charge >= 0.3 is 11.7 Å². The molecule has 0 saturated carbocycles. The fourth-order valence-corrected chi connectivity index (χ4v) is 1.92. The van der Waals surface area contributed by atoms with Crippen LogP contribution in [-0.2, 0) is 13.6 Å². The predicted molar refractivity (Wildman–Crippen MR) is 65.5 cm³/mol. The molecule has 18 heavy (non-hydrogen) atoms. The van der Waals surface area contributed by atoms with Gasteiger partial charge in [-0.15, -0.1) is 0 Å². The quantitative estimate of drug-likeness (QED) is 0.890. The number of rotatable bonds is 3. The molecule has 7 nitrogen and oxygen atoms in total. The number of benzene rings is 1. The number of carboxylic acids is 1. The maximum absolute atomic E-state index is 11.6. The first kappa shape index (κ1) is 12.5. The first-order valence-electron chi connectivity index (χ1n) is 4.97. The molecule has 0 fully saturated rings. The number of tetrazole rings is 1. The van der Waals surface area contributed by atoms with Crippen molar-refractivity contribution in [1.29, 1.82) is 0 Å². The molecule has 0 saturated heterocycles. The lowest BCUT2D eigenvalue weighted by molar-refractivity contribution is 0.0695. The second-order valence-corrected chi connectivity index (χ2v) is 4.57. The van der Waals surface area contributed by atoms with Crippen LogP contribution in [0.1, 0.15) is 15.9 Å². The number of aromatic carboxylic acids is 1. The third-order valence-corrected chi connectivity index (χ3v) is 2.89. The predicted octanol–water partition coefficient (Wildman–Crippen LogP) is 0.486. The Hall–Kier alpha value is -1.96. The lowest BCUT2D eigenvalue weighted by Gasteiger charge is -2.05. The second-order valence-electron chi connectivity index (χ2n) is 3.65.